The van der Waals surface area contributed by atoms with Crippen LogP contribution in [-0.2, 0) is 27.1 Å². The Balaban J connectivity index is 1.92. The minimum atomic E-state index is -0.590. The second-order valence-corrected chi connectivity index (χ2v) is 9.18. The first-order valence-electron chi connectivity index (χ1n) is 11.1. The second-order valence-electron chi connectivity index (χ2n) is 7.67. The van der Waals surface area contributed by atoms with Crippen molar-refractivity contribution in [2.24, 2.45) is 0 Å². The van der Waals surface area contributed by atoms with Gasteiger partial charge in [-0.2, -0.15) is 0 Å². The first-order valence-corrected chi connectivity index (χ1v) is 12.3. The van der Waals surface area contributed by atoms with Crippen LogP contribution >= 0.6 is 23.6 Å². The molecule has 2 aromatic rings. The van der Waals surface area contributed by atoms with E-state index in [2.05, 4.69) is 10.6 Å². The van der Waals surface area contributed by atoms with Gasteiger partial charge in [-0.1, -0.05) is 12.8 Å². The zero-order chi connectivity index (χ0) is 24.7. The van der Waals surface area contributed by atoms with Crippen LogP contribution in [0.5, 0.6) is 0 Å². The van der Waals surface area contributed by atoms with Crippen molar-refractivity contribution in [3.8, 4) is 0 Å². The lowest BCUT2D eigenvalue weighted by atomic mass is 9.96. The fourth-order valence-corrected chi connectivity index (χ4v) is 5.42. The van der Waals surface area contributed by atoms with E-state index >= 15 is 0 Å². The summed E-state index contributed by atoms with van der Waals surface area (Å²) in [6, 6.07) is 4.40. The maximum Gasteiger partial charge on any atom is 0.341 e. The Morgan fingerprint density at radius 3 is 2.35 bits per heavy atom. The lowest BCUT2D eigenvalue weighted by Gasteiger charge is -2.15. The van der Waals surface area contributed by atoms with Crippen LogP contribution in [0.4, 0.5) is 10.7 Å². The van der Waals surface area contributed by atoms with Gasteiger partial charge in [0, 0.05) is 4.88 Å². The summed E-state index contributed by atoms with van der Waals surface area (Å²) in [5, 5.41) is 6.84. The molecule has 0 saturated carbocycles. The smallest absolute Gasteiger partial charge is 0.341 e. The Labute approximate surface area is 208 Å². The van der Waals surface area contributed by atoms with Crippen LogP contribution in [0.2, 0.25) is 0 Å². The molecule has 34 heavy (non-hydrogen) atoms. The van der Waals surface area contributed by atoms with Crippen LogP contribution in [0.3, 0.4) is 0 Å². The lowest BCUT2D eigenvalue weighted by molar-refractivity contribution is 0.0525. The molecule has 0 unspecified atom stereocenters. The minimum absolute atomic E-state index is 0.159. The molecule has 182 valence electrons. The number of nitrogens with one attached hydrogen (secondary N) is 2. The predicted octanol–water partition coefficient (Wildman–Crippen LogP) is 4.97. The highest BCUT2D eigenvalue weighted by Gasteiger charge is 2.26. The molecule has 1 aromatic heterocycles. The number of benzene rings is 1. The molecule has 8 nitrogen and oxygen atoms in total. The van der Waals surface area contributed by atoms with Gasteiger partial charge in [-0.25, -0.2) is 14.4 Å². The summed E-state index contributed by atoms with van der Waals surface area (Å²) >= 11 is 7.01. The number of hydrogen-bond acceptors (Lipinski definition) is 8. The van der Waals surface area contributed by atoms with Gasteiger partial charge in [-0.15, -0.1) is 11.3 Å². The molecule has 2 N–H and O–H groups in total. The fourth-order valence-electron chi connectivity index (χ4n) is 3.86. The van der Waals surface area contributed by atoms with Crippen molar-refractivity contribution < 1.29 is 28.6 Å². The van der Waals surface area contributed by atoms with Gasteiger partial charge in [-0.3, -0.25) is 0 Å². The van der Waals surface area contributed by atoms with Gasteiger partial charge < -0.3 is 24.8 Å². The Bertz CT molecular complexity index is 1100. The third-order valence-electron chi connectivity index (χ3n) is 5.47. The van der Waals surface area contributed by atoms with Gasteiger partial charge in [0.05, 0.1) is 43.2 Å². The molecule has 0 aliphatic heterocycles. The highest BCUT2D eigenvalue weighted by atomic mass is 32.1. The zero-order valence-corrected chi connectivity index (χ0v) is 21.1. The Kier molecular flexibility index (Phi) is 9.00. The monoisotopic (exact) mass is 504 g/mol. The molecule has 0 fully saturated rings. The van der Waals surface area contributed by atoms with E-state index in [0.29, 0.717) is 10.6 Å². The average Bonchev–Trinajstić information content (AvgIpc) is 3.13. The van der Waals surface area contributed by atoms with E-state index in [-0.39, 0.29) is 34.5 Å². The summed E-state index contributed by atoms with van der Waals surface area (Å²) in [5.41, 5.74) is 2.26. The Morgan fingerprint density at radius 1 is 0.971 bits per heavy atom. The van der Waals surface area contributed by atoms with Crippen molar-refractivity contribution >= 4 is 57.3 Å². The van der Waals surface area contributed by atoms with Gasteiger partial charge in [0.25, 0.3) is 0 Å². The van der Waals surface area contributed by atoms with E-state index in [1.54, 1.807) is 6.92 Å². The van der Waals surface area contributed by atoms with Crippen LogP contribution in [-0.4, -0.2) is 43.8 Å². The van der Waals surface area contributed by atoms with Crippen molar-refractivity contribution in [1.82, 2.24) is 0 Å². The van der Waals surface area contributed by atoms with Crippen molar-refractivity contribution in [3.63, 3.8) is 0 Å². The van der Waals surface area contributed by atoms with Crippen LogP contribution in [0.1, 0.15) is 74.1 Å². The number of carbonyl (C=O) groups is 3. The Morgan fingerprint density at radius 2 is 1.68 bits per heavy atom. The normalized spacial score (nSPS) is 13.0. The van der Waals surface area contributed by atoms with Crippen LogP contribution < -0.4 is 10.6 Å². The molecule has 0 saturated heterocycles. The molecule has 0 spiro atoms. The molecule has 10 heteroatoms. The van der Waals surface area contributed by atoms with Gasteiger partial charge in [-0.05, 0) is 68.6 Å². The van der Waals surface area contributed by atoms with Gasteiger partial charge >= 0.3 is 17.9 Å². The molecule has 1 aliphatic carbocycles. The van der Waals surface area contributed by atoms with Crippen LogP contribution in [0, 0.1) is 0 Å². The molecule has 1 aliphatic rings. The highest BCUT2D eigenvalue weighted by molar-refractivity contribution is 7.80. The molecule has 0 bridgehead atoms. The summed E-state index contributed by atoms with van der Waals surface area (Å²) < 4.78 is 14.9. The molecule has 0 atom stereocenters. The predicted molar refractivity (Wildman–Crippen MR) is 135 cm³/mol. The minimum Gasteiger partial charge on any atom is -0.465 e. The number of thiocarbonyl (C=S) groups is 1. The van der Waals surface area contributed by atoms with Crippen molar-refractivity contribution in [2.45, 2.75) is 45.4 Å². The van der Waals surface area contributed by atoms with E-state index in [4.69, 9.17) is 26.4 Å². The lowest BCUT2D eigenvalue weighted by Crippen LogP contribution is -2.22. The molecule has 1 aromatic carbocycles. The zero-order valence-electron chi connectivity index (χ0n) is 19.4. The molecule has 0 radical (unpaired) electrons. The maximum atomic E-state index is 12.8. The number of hydrogen-bond donors (Lipinski definition) is 2. The van der Waals surface area contributed by atoms with Gasteiger partial charge in [0.1, 0.15) is 5.00 Å². The maximum absolute atomic E-state index is 12.8. The third-order valence-corrected chi connectivity index (χ3v) is 6.88. The number of carbonyl (C=O) groups excluding carboxylic acids is 3. The van der Waals surface area contributed by atoms with Crippen molar-refractivity contribution in [1.29, 1.82) is 0 Å². The van der Waals surface area contributed by atoms with E-state index in [0.717, 1.165) is 42.5 Å². The van der Waals surface area contributed by atoms with Crippen molar-refractivity contribution in [2.75, 3.05) is 31.5 Å². The highest BCUT2D eigenvalue weighted by Crippen LogP contribution is 2.37. The molecule has 0 amide bonds. The van der Waals surface area contributed by atoms with E-state index < -0.39 is 11.9 Å². The summed E-state index contributed by atoms with van der Waals surface area (Å²) in [6.07, 6.45) is 6.11. The van der Waals surface area contributed by atoms with Crippen LogP contribution in [0.25, 0.3) is 0 Å². The van der Waals surface area contributed by atoms with E-state index in [1.807, 2.05) is 0 Å². The number of esters is 3. The largest absolute Gasteiger partial charge is 0.465 e. The number of anilines is 2. The van der Waals surface area contributed by atoms with E-state index in [1.165, 1.54) is 50.2 Å². The second kappa shape index (κ2) is 11.9. The first-order chi connectivity index (χ1) is 16.4. The molecule has 3 rings (SSSR count). The SMILES string of the molecule is CCOC(=O)c1c(NC(=S)Nc2cc(C(=O)OC)ccc2C(=O)OC)sc2c1CCCCCC2. The van der Waals surface area contributed by atoms with Crippen LogP contribution in [0.15, 0.2) is 18.2 Å². The standard InChI is InChI=1S/C24H28N2O6S2/c1-4-32-23(29)19-16-9-7-5-6-8-10-18(16)34-20(19)26-24(33)25-17-13-14(21(27)30-2)11-12-15(17)22(28)31-3/h11-13H,4-10H2,1-3H3,(H2,25,26,33). The van der Waals surface area contributed by atoms with Gasteiger partial charge in [0.2, 0.25) is 0 Å². The first kappa shape index (κ1) is 25.6. The third kappa shape index (κ3) is 5.92. The molecule has 1 heterocycles. The van der Waals surface area contributed by atoms with Crippen molar-refractivity contribution in [3.05, 3.63) is 45.3 Å². The topological polar surface area (TPSA) is 103 Å². The van der Waals surface area contributed by atoms with E-state index in [9.17, 15) is 14.4 Å². The number of fused-ring (bicyclic) bond motifs is 1. The summed E-state index contributed by atoms with van der Waals surface area (Å²) in [6.45, 7) is 2.05. The molecular formula is C24H28N2O6S2. The number of thiophene rings is 1. The Hall–Kier alpha value is -2.98. The quantitative estimate of drug-likeness (QED) is 0.321. The summed E-state index contributed by atoms with van der Waals surface area (Å²) in [5.74, 6) is -1.53. The average molecular weight is 505 g/mol. The number of aryl methyl sites for hydroxylation is 1. The summed E-state index contributed by atoms with van der Waals surface area (Å²) in [7, 11) is 2.54. The molecular weight excluding hydrogens is 476 g/mol. The van der Waals surface area contributed by atoms with Gasteiger partial charge in [0.15, 0.2) is 5.11 Å². The fraction of sp³-hybridized carbons (Fsp3) is 0.417. The number of ether oxygens (including phenoxy) is 3. The number of rotatable bonds is 6. The summed E-state index contributed by atoms with van der Waals surface area (Å²) in [4.78, 5) is 38.2. The number of methoxy groups -OCH3 is 2.